The molecule has 0 amide bonds. The zero-order chi connectivity index (χ0) is 11.3. The standard InChI is InChI=1S/C13H27NO/c1-10(2)13(9-15-4)14-11(3)12-7-5-6-8-12/h10-14H,5-9H2,1-4H3/t11-,13?/m1/s1. The Morgan fingerprint density at radius 2 is 1.80 bits per heavy atom. The molecule has 0 aromatic carbocycles. The Labute approximate surface area is 94.8 Å². The van der Waals surface area contributed by atoms with Gasteiger partial charge in [-0.2, -0.15) is 0 Å². The smallest absolute Gasteiger partial charge is 0.0618 e. The molecule has 2 heteroatoms. The van der Waals surface area contributed by atoms with Crippen molar-refractivity contribution in [2.45, 2.75) is 58.5 Å². The highest BCUT2D eigenvalue weighted by Gasteiger charge is 2.24. The second kappa shape index (κ2) is 6.49. The van der Waals surface area contributed by atoms with Gasteiger partial charge >= 0.3 is 0 Å². The van der Waals surface area contributed by atoms with Gasteiger partial charge in [-0.3, -0.25) is 0 Å². The normalized spacial score (nSPS) is 22.2. The van der Waals surface area contributed by atoms with Gasteiger partial charge in [0.15, 0.2) is 0 Å². The maximum atomic E-state index is 5.27. The third-order valence-corrected chi connectivity index (χ3v) is 3.73. The van der Waals surface area contributed by atoms with Gasteiger partial charge in [-0.1, -0.05) is 26.7 Å². The molecule has 2 atom stereocenters. The lowest BCUT2D eigenvalue weighted by molar-refractivity contribution is 0.135. The first-order chi connectivity index (χ1) is 7.15. The highest BCUT2D eigenvalue weighted by molar-refractivity contribution is 4.81. The van der Waals surface area contributed by atoms with Crippen molar-refractivity contribution in [1.82, 2.24) is 5.32 Å². The van der Waals surface area contributed by atoms with E-state index in [1.807, 2.05) is 0 Å². The summed E-state index contributed by atoms with van der Waals surface area (Å²) in [5.74, 6) is 1.54. The summed E-state index contributed by atoms with van der Waals surface area (Å²) in [5, 5.41) is 3.73. The van der Waals surface area contributed by atoms with Gasteiger partial charge in [-0.25, -0.2) is 0 Å². The molecule has 15 heavy (non-hydrogen) atoms. The van der Waals surface area contributed by atoms with E-state index in [1.165, 1.54) is 25.7 Å². The minimum Gasteiger partial charge on any atom is -0.383 e. The Kier molecular flexibility index (Phi) is 5.62. The van der Waals surface area contributed by atoms with Gasteiger partial charge in [0, 0.05) is 19.2 Å². The number of ether oxygens (including phenoxy) is 1. The average Bonchev–Trinajstić information content (AvgIpc) is 2.69. The van der Waals surface area contributed by atoms with Crippen molar-refractivity contribution in [3.8, 4) is 0 Å². The van der Waals surface area contributed by atoms with Crippen molar-refractivity contribution < 1.29 is 4.74 Å². The Morgan fingerprint density at radius 3 is 2.27 bits per heavy atom. The molecular formula is C13H27NO. The first-order valence-corrected chi connectivity index (χ1v) is 6.40. The van der Waals surface area contributed by atoms with Crippen molar-refractivity contribution in [2.24, 2.45) is 11.8 Å². The van der Waals surface area contributed by atoms with E-state index in [9.17, 15) is 0 Å². The minimum absolute atomic E-state index is 0.505. The summed E-state index contributed by atoms with van der Waals surface area (Å²) < 4.78 is 5.27. The molecule has 1 aliphatic carbocycles. The van der Waals surface area contributed by atoms with Crippen LogP contribution < -0.4 is 5.32 Å². The molecule has 0 spiro atoms. The van der Waals surface area contributed by atoms with Gasteiger partial charge in [-0.15, -0.1) is 0 Å². The van der Waals surface area contributed by atoms with E-state index in [2.05, 4.69) is 26.1 Å². The fraction of sp³-hybridized carbons (Fsp3) is 1.00. The van der Waals surface area contributed by atoms with Crippen LogP contribution in [0.1, 0.15) is 46.5 Å². The van der Waals surface area contributed by atoms with E-state index in [1.54, 1.807) is 7.11 Å². The molecule has 1 saturated carbocycles. The topological polar surface area (TPSA) is 21.3 Å². The molecular weight excluding hydrogens is 186 g/mol. The number of hydrogen-bond acceptors (Lipinski definition) is 2. The molecule has 0 saturated heterocycles. The molecule has 0 bridgehead atoms. The van der Waals surface area contributed by atoms with Crippen LogP contribution in [0.25, 0.3) is 0 Å². The summed E-state index contributed by atoms with van der Waals surface area (Å²) in [7, 11) is 1.79. The number of nitrogens with one attached hydrogen (secondary N) is 1. The van der Waals surface area contributed by atoms with E-state index in [-0.39, 0.29) is 0 Å². The predicted molar refractivity (Wildman–Crippen MR) is 65.1 cm³/mol. The molecule has 90 valence electrons. The second-order valence-corrected chi connectivity index (χ2v) is 5.31. The van der Waals surface area contributed by atoms with Crippen LogP contribution in [0, 0.1) is 11.8 Å². The van der Waals surface area contributed by atoms with Gasteiger partial charge in [0.1, 0.15) is 0 Å². The second-order valence-electron chi connectivity index (χ2n) is 5.31. The van der Waals surface area contributed by atoms with Crippen molar-refractivity contribution in [3.05, 3.63) is 0 Å². The number of methoxy groups -OCH3 is 1. The van der Waals surface area contributed by atoms with E-state index in [4.69, 9.17) is 4.74 Å². The minimum atomic E-state index is 0.505. The Bertz CT molecular complexity index is 164. The molecule has 0 radical (unpaired) electrons. The summed E-state index contributed by atoms with van der Waals surface area (Å²) in [5.41, 5.74) is 0. The van der Waals surface area contributed by atoms with Crippen LogP contribution in [0.5, 0.6) is 0 Å². The van der Waals surface area contributed by atoms with E-state index < -0.39 is 0 Å². The zero-order valence-corrected chi connectivity index (χ0v) is 10.8. The lowest BCUT2D eigenvalue weighted by Gasteiger charge is -2.29. The summed E-state index contributed by atoms with van der Waals surface area (Å²) in [6.07, 6.45) is 5.67. The van der Waals surface area contributed by atoms with Crippen LogP contribution in [-0.2, 0) is 4.74 Å². The highest BCUT2D eigenvalue weighted by Crippen LogP contribution is 2.27. The van der Waals surface area contributed by atoms with Gasteiger partial charge in [0.25, 0.3) is 0 Å². The molecule has 0 aliphatic heterocycles. The lowest BCUT2D eigenvalue weighted by atomic mass is 9.96. The van der Waals surface area contributed by atoms with Crippen LogP contribution in [0.2, 0.25) is 0 Å². The van der Waals surface area contributed by atoms with Gasteiger partial charge < -0.3 is 10.1 Å². The maximum Gasteiger partial charge on any atom is 0.0618 e. The fourth-order valence-electron chi connectivity index (χ4n) is 2.54. The summed E-state index contributed by atoms with van der Waals surface area (Å²) in [4.78, 5) is 0. The molecule has 2 nitrogen and oxygen atoms in total. The van der Waals surface area contributed by atoms with Gasteiger partial charge in [0.05, 0.1) is 6.61 Å². The quantitative estimate of drug-likeness (QED) is 0.732. The lowest BCUT2D eigenvalue weighted by Crippen LogP contribution is -2.45. The number of rotatable bonds is 6. The Morgan fingerprint density at radius 1 is 1.20 bits per heavy atom. The molecule has 0 heterocycles. The molecule has 1 aliphatic rings. The van der Waals surface area contributed by atoms with Gasteiger partial charge in [0.2, 0.25) is 0 Å². The van der Waals surface area contributed by atoms with Crippen molar-refractivity contribution in [2.75, 3.05) is 13.7 Å². The molecule has 1 fully saturated rings. The van der Waals surface area contributed by atoms with Crippen molar-refractivity contribution in [3.63, 3.8) is 0 Å². The third kappa shape index (κ3) is 4.12. The third-order valence-electron chi connectivity index (χ3n) is 3.73. The fourth-order valence-corrected chi connectivity index (χ4v) is 2.54. The van der Waals surface area contributed by atoms with Crippen LogP contribution in [0.15, 0.2) is 0 Å². The van der Waals surface area contributed by atoms with E-state index in [0.717, 1.165) is 12.5 Å². The molecule has 1 unspecified atom stereocenters. The van der Waals surface area contributed by atoms with Crippen LogP contribution in [-0.4, -0.2) is 25.8 Å². The number of hydrogen-bond donors (Lipinski definition) is 1. The maximum absolute atomic E-state index is 5.27. The summed E-state index contributed by atoms with van der Waals surface area (Å²) in [6, 6.07) is 1.15. The van der Waals surface area contributed by atoms with Crippen LogP contribution >= 0.6 is 0 Å². The SMILES string of the molecule is COCC(N[C@H](C)C1CCCC1)C(C)C. The highest BCUT2D eigenvalue weighted by atomic mass is 16.5. The van der Waals surface area contributed by atoms with Gasteiger partial charge in [-0.05, 0) is 31.6 Å². The Balaban J connectivity index is 2.35. The molecule has 0 aromatic heterocycles. The largest absolute Gasteiger partial charge is 0.383 e. The van der Waals surface area contributed by atoms with Crippen LogP contribution in [0.4, 0.5) is 0 Å². The molecule has 1 N–H and O–H groups in total. The van der Waals surface area contributed by atoms with E-state index in [0.29, 0.717) is 18.0 Å². The monoisotopic (exact) mass is 213 g/mol. The first-order valence-electron chi connectivity index (χ1n) is 6.40. The zero-order valence-electron chi connectivity index (χ0n) is 10.8. The van der Waals surface area contributed by atoms with Crippen molar-refractivity contribution >= 4 is 0 Å². The summed E-state index contributed by atoms with van der Waals surface area (Å²) >= 11 is 0. The van der Waals surface area contributed by atoms with Crippen LogP contribution in [0.3, 0.4) is 0 Å². The Hall–Kier alpha value is -0.0800. The predicted octanol–water partition coefficient (Wildman–Crippen LogP) is 2.83. The van der Waals surface area contributed by atoms with E-state index >= 15 is 0 Å². The first kappa shape index (κ1) is 13.0. The van der Waals surface area contributed by atoms with Crippen molar-refractivity contribution in [1.29, 1.82) is 0 Å². The molecule has 1 rings (SSSR count). The average molecular weight is 213 g/mol. The summed E-state index contributed by atoms with van der Waals surface area (Å²) in [6.45, 7) is 7.69. The molecule has 0 aromatic rings.